The molecular formula is C14H9ClF2NO. The Hall–Kier alpha value is -1.94. The van der Waals surface area contributed by atoms with Crippen molar-refractivity contribution in [3.05, 3.63) is 70.2 Å². The van der Waals surface area contributed by atoms with Crippen molar-refractivity contribution in [3.63, 3.8) is 0 Å². The molecule has 0 aliphatic carbocycles. The van der Waals surface area contributed by atoms with E-state index < -0.39 is 11.6 Å². The minimum atomic E-state index is -0.655. The Bertz CT molecular complexity index is 581. The maximum atomic E-state index is 12.9. The van der Waals surface area contributed by atoms with Crippen molar-refractivity contribution in [1.29, 1.82) is 0 Å². The molecule has 0 aliphatic heterocycles. The average molecular weight is 281 g/mol. The summed E-state index contributed by atoms with van der Waals surface area (Å²) < 4.78 is 25.8. The molecule has 0 spiro atoms. The first kappa shape index (κ1) is 13.5. The van der Waals surface area contributed by atoms with E-state index in [1.54, 1.807) is 24.3 Å². The van der Waals surface area contributed by atoms with Crippen molar-refractivity contribution in [3.8, 4) is 0 Å². The first-order chi connectivity index (χ1) is 9.15. The highest BCUT2D eigenvalue weighted by Gasteiger charge is 2.01. The summed E-state index contributed by atoms with van der Waals surface area (Å²) in [6.45, 7) is -0.0495. The van der Waals surface area contributed by atoms with Crippen LogP contribution >= 0.6 is 11.6 Å². The average Bonchev–Trinajstić information content (AvgIpc) is 2.35. The maximum Gasteiger partial charge on any atom is 0.142 e. The molecule has 0 saturated heterocycles. The summed E-state index contributed by atoms with van der Waals surface area (Å²) in [4.78, 5) is 4.91. The van der Waals surface area contributed by atoms with Gasteiger partial charge in [0.2, 0.25) is 0 Å². The molecule has 2 rings (SSSR count). The number of halogens is 3. The molecule has 1 radical (unpaired) electrons. The molecule has 2 aromatic carbocycles. The van der Waals surface area contributed by atoms with Crippen LogP contribution in [-0.2, 0) is 11.4 Å². The van der Waals surface area contributed by atoms with Crippen LogP contribution in [0.25, 0.3) is 0 Å². The second-order valence-electron chi connectivity index (χ2n) is 3.73. The third-order valence-electron chi connectivity index (χ3n) is 2.26. The molecule has 97 valence electrons. The first-order valence-electron chi connectivity index (χ1n) is 5.42. The van der Waals surface area contributed by atoms with E-state index in [1.165, 1.54) is 12.1 Å². The van der Waals surface area contributed by atoms with Crippen LogP contribution in [0.2, 0.25) is 5.02 Å². The van der Waals surface area contributed by atoms with Gasteiger partial charge in [0.15, 0.2) is 0 Å². The van der Waals surface area contributed by atoms with Crippen LogP contribution in [0.1, 0.15) is 11.1 Å². The van der Waals surface area contributed by atoms with Crippen molar-refractivity contribution >= 4 is 17.8 Å². The van der Waals surface area contributed by atoms with E-state index in [4.69, 9.17) is 16.4 Å². The second kappa shape index (κ2) is 6.29. The van der Waals surface area contributed by atoms with Crippen molar-refractivity contribution < 1.29 is 13.6 Å². The van der Waals surface area contributed by atoms with Crippen molar-refractivity contribution in [2.45, 2.75) is 6.61 Å². The molecule has 2 nitrogen and oxygen atoms in total. The Kier molecular flexibility index (Phi) is 4.47. The van der Waals surface area contributed by atoms with E-state index in [0.29, 0.717) is 16.1 Å². The molecule has 0 N–H and O–H groups in total. The highest BCUT2D eigenvalue weighted by atomic mass is 35.5. The Labute approximate surface area is 114 Å². The van der Waals surface area contributed by atoms with Crippen LogP contribution in [0.5, 0.6) is 0 Å². The van der Waals surface area contributed by atoms with Gasteiger partial charge in [0.25, 0.3) is 0 Å². The maximum absolute atomic E-state index is 12.9. The molecule has 0 saturated carbocycles. The van der Waals surface area contributed by atoms with Gasteiger partial charge < -0.3 is 4.84 Å². The molecule has 0 aliphatic rings. The van der Waals surface area contributed by atoms with Crippen LogP contribution in [0.3, 0.4) is 0 Å². The van der Waals surface area contributed by atoms with Crippen LogP contribution in [0, 0.1) is 11.6 Å². The van der Waals surface area contributed by atoms with Gasteiger partial charge in [-0.05, 0) is 23.8 Å². The molecular weight excluding hydrogens is 272 g/mol. The number of rotatable bonds is 4. The smallest absolute Gasteiger partial charge is 0.142 e. The van der Waals surface area contributed by atoms with Gasteiger partial charge in [0.1, 0.15) is 24.5 Å². The van der Waals surface area contributed by atoms with Gasteiger partial charge in [0, 0.05) is 11.6 Å². The zero-order chi connectivity index (χ0) is 13.7. The van der Waals surface area contributed by atoms with Crippen LogP contribution in [0.4, 0.5) is 8.78 Å². The molecule has 2 aromatic rings. The van der Waals surface area contributed by atoms with E-state index in [0.717, 1.165) is 6.07 Å². The molecule has 0 bridgehead atoms. The third-order valence-corrected chi connectivity index (χ3v) is 2.59. The fraction of sp³-hybridized carbons (Fsp3) is 0.0714. The highest BCUT2D eigenvalue weighted by Crippen LogP contribution is 2.13. The Morgan fingerprint density at radius 3 is 2.47 bits per heavy atom. The first-order valence-corrected chi connectivity index (χ1v) is 5.80. The lowest BCUT2D eigenvalue weighted by Gasteiger charge is -2.00. The van der Waals surface area contributed by atoms with Crippen molar-refractivity contribution in [2.75, 3.05) is 0 Å². The zero-order valence-corrected chi connectivity index (χ0v) is 10.5. The number of hydrogen-bond acceptors (Lipinski definition) is 2. The topological polar surface area (TPSA) is 21.6 Å². The van der Waals surface area contributed by atoms with E-state index >= 15 is 0 Å². The quantitative estimate of drug-likeness (QED) is 0.612. The Morgan fingerprint density at radius 2 is 1.79 bits per heavy atom. The van der Waals surface area contributed by atoms with Crippen LogP contribution in [-0.4, -0.2) is 6.21 Å². The summed E-state index contributed by atoms with van der Waals surface area (Å²) in [6.07, 6.45) is 2.60. The van der Waals surface area contributed by atoms with Gasteiger partial charge in [-0.15, -0.1) is 0 Å². The summed E-state index contributed by atoms with van der Waals surface area (Å²) >= 11 is 5.88. The molecule has 0 atom stereocenters. The van der Waals surface area contributed by atoms with E-state index in [2.05, 4.69) is 11.4 Å². The van der Waals surface area contributed by atoms with Gasteiger partial charge in [-0.25, -0.2) is 8.78 Å². The minimum absolute atomic E-state index is 0.0495. The van der Waals surface area contributed by atoms with Gasteiger partial charge in [-0.1, -0.05) is 35.0 Å². The molecule has 19 heavy (non-hydrogen) atoms. The summed E-state index contributed by atoms with van der Waals surface area (Å²) in [5.41, 5.74) is 0.928. The molecule has 0 aromatic heterocycles. The molecule has 0 unspecified atom stereocenters. The third kappa shape index (κ3) is 4.03. The Morgan fingerprint density at radius 1 is 1.11 bits per heavy atom. The number of hydrogen-bond donors (Lipinski definition) is 0. The van der Waals surface area contributed by atoms with Crippen molar-refractivity contribution in [1.82, 2.24) is 0 Å². The molecule has 0 fully saturated rings. The van der Waals surface area contributed by atoms with Gasteiger partial charge in [-0.2, -0.15) is 0 Å². The Balaban J connectivity index is 1.95. The second-order valence-corrected chi connectivity index (χ2v) is 4.14. The van der Waals surface area contributed by atoms with Crippen molar-refractivity contribution in [2.24, 2.45) is 5.16 Å². The fourth-order valence-corrected chi connectivity index (χ4v) is 1.61. The lowest BCUT2D eigenvalue weighted by molar-refractivity contribution is 0.131. The summed E-state index contributed by atoms with van der Waals surface area (Å²) in [6, 6.07) is 10.1. The number of benzene rings is 2. The lowest BCUT2D eigenvalue weighted by atomic mass is 10.2. The zero-order valence-electron chi connectivity index (χ0n) is 9.74. The van der Waals surface area contributed by atoms with E-state index in [9.17, 15) is 8.78 Å². The largest absolute Gasteiger partial charge is 0.390 e. The number of nitrogens with zero attached hydrogens (tertiary/aromatic N) is 1. The van der Waals surface area contributed by atoms with E-state index in [1.807, 2.05) is 0 Å². The monoisotopic (exact) mass is 280 g/mol. The standard InChI is InChI=1S/C14H9ClF2NO/c15-14-4-2-1-3-11(14)8-18-19-9-10-5-12(16)7-13(17)6-10/h1-7H,9H2. The highest BCUT2D eigenvalue weighted by molar-refractivity contribution is 6.33. The van der Waals surface area contributed by atoms with Gasteiger partial charge in [-0.3, -0.25) is 0 Å². The predicted octanol–water partition coefficient (Wildman–Crippen LogP) is 4.05. The summed E-state index contributed by atoms with van der Waals surface area (Å²) in [7, 11) is 0. The van der Waals surface area contributed by atoms with Crippen LogP contribution in [0.15, 0.2) is 47.6 Å². The van der Waals surface area contributed by atoms with Gasteiger partial charge >= 0.3 is 0 Å². The molecule has 5 heteroatoms. The van der Waals surface area contributed by atoms with Crippen LogP contribution < -0.4 is 0 Å². The molecule has 0 amide bonds. The summed E-state index contributed by atoms with van der Waals surface area (Å²) in [5, 5.41) is 4.07. The van der Waals surface area contributed by atoms with E-state index in [-0.39, 0.29) is 6.61 Å². The summed E-state index contributed by atoms with van der Waals surface area (Å²) in [5.74, 6) is -1.31. The normalized spacial score (nSPS) is 10.9. The predicted molar refractivity (Wildman–Crippen MR) is 69.1 cm³/mol. The molecule has 0 heterocycles. The van der Waals surface area contributed by atoms with Gasteiger partial charge in [0.05, 0.1) is 5.02 Å². The minimum Gasteiger partial charge on any atom is -0.390 e. The lowest BCUT2D eigenvalue weighted by Crippen LogP contribution is -1.91. The fourth-order valence-electron chi connectivity index (χ4n) is 1.43. The SMILES string of the molecule is Fc1cc(F)cc(CO/N=[C]\c2ccccc2Cl)c1.